The molecule has 0 saturated carbocycles. The van der Waals surface area contributed by atoms with E-state index in [0.29, 0.717) is 24.0 Å². The monoisotopic (exact) mass is 205 g/mol. The number of anilines is 1. The van der Waals surface area contributed by atoms with Gasteiger partial charge in [-0.05, 0) is 6.92 Å². The van der Waals surface area contributed by atoms with E-state index in [9.17, 15) is 0 Å². The van der Waals surface area contributed by atoms with Crippen molar-refractivity contribution in [3.05, 3.63) is 25.0 Å². The van der Waals surface area contributed by atoms with Gasteiger partial charge in [-0.3, -0.25) is 4.57 Å². The van der Waals surface area contributed by atoms with Crippen molar-refractivity contribution in [2.24, 2.45) is 0 Å². The summed E-state index contributed by atoms with van der Waals surface area (Å²) in [6.07, 6.45) is 6.45. The molecule has 78 valence electrons. The van der Waals surface area contributed by atoms with Gasteiger partial charge in [0, 0.05) is 12.4 Å². The summed E-state index contributed by atoms with van der Waals surface area (Å²) in [5, 5.41) is 0. The number of nitrogens with zero attached hydrogens (tertiary/aromatic N) is 4. The van der Waals surface area contributed by atoms with Crippen molar-refractivity contribution in [2.75, 3.05) is 12.3 Å². The van der Waals surface area contributed by atoms with Crippen LogP contribution in [0, 0.1) is 0 Å². The van der Waals surface area contributed by atoms with Gasteiger partial charge < -0.3 is 10.5 Å². The van der Waals surface area contributed by atoms with E-state index in [1.807, 2.05) is 6.92 Å². The Balaban J connectivity index is 2.45. The number of aromatic nitrogens is 4. The molecule has 0 bridgehead atoms. The molecule has 6 nitrogen and oxygen atoms in total. The first kappa shape index (κ1) is 9.45. The van der Waals surface area contributed by atoms with Crippen LogP contribution in [0.1, 0.15) is 6.92 Å². The van der Waals surface area contributed by atoms with Crippen LogP contribution in [0.2, 0.25) is 0 Å². The second-order valence-electron chi connectivity index (χ2n) is 2.82. The number of rotatable bonds is 3. The van der Waals surface area contributed by atoms with Gasteiger partial charge in [0.15, 0.2) is 5.82 Å². The van der Waals surface area contributed by atoms with Crippen molar-refractivity contribution in [3.8, 4) is 11.7 Å². The molecule has 0 atom stereocenters. The average molecular weight is 205 g/mol. The summed E-state index contributed by atoms with van der Waals surface area (Å²) in [5.74, 6) is 0.974. The Hall–Kier alpha value is -2.11. The van der Waals surface area contributed by atoms with Gasteiger partial charge in [0.1, 0.15) is 18.3 Å². The minimum Gasteiger partial charge on any atom is -0.476 e. The van der Waals surface area contributed by atoms with Crippen LogP contribution in [0.4, 0.5) is 5.69 Å². The van der Waals surface area contributed by atoms with Gasteiger partial charge in [0.05, 0.1) is 6.61 Å². The highest BCUT2D eigenvalue weighted by Crippen LogP contribution is 2.22. The third kappa shape index (κ3) is 1.74. The molecule has 0 spiro atoms. The molecule has 0 aliphatic rings. The van der Waals surface area contributed by atoms with E-state index in [-0.39, 0.29) is 0 Å². The molecule has 2 N–H and O–H groups in total. The largest absolute Gasteiger partial charge is 0.476 e. The van der Waals surface area contributed by atoms with Gasteiger partial charge in [0.2, 0.25) is 5.88 Å². The van der Waals surface area contributed by atoms with Gasteiger partial charge in [-0.15, -0.1) is 0 Å². The highest BCUT2D eigenvalue weighted by molar-refractivity contribution is 5.59. The lowest BCUT2D eigenvalue weighted by Gasteiger charge is -2.08. The zero-order valence-corrected chi connectivity index (χ0v) is 8.29. The topological polar surface area (TPSA) is 78.9 Å². The molecular formula is C9H11N5O. The fourth-order valence-corrected chi connectivity index (χ4v) is 1.21. The Bertz CT molecular complexity index is 440. The molecule has 0 aromatic carbocycles. The smallest absolute Gasteiger partial charge is 0.242 e. The van der Waals surface area contributed by atoms with E-state index in [1.54, 1.807) is 23.3 Å². The van der Waals surface area contributed by atoms with Crippen molar-refractivity contribution in [1.29, 1.82) is 0 Å². The number of imidazole rings is 1. The fraction of sp³-hybridized carbons (Fsp3) is 0.222. The molecule has 0 unspecified atom stereocenters. The molecule has 2 heterocycles. The fourth-order valence-electron chi connectivity index (χ4n) is 1.21. The maximum atomic E-state index is 5.86. The quantitative estimate of drug-likeness (QED) is 0.795. The van der Waals surface area contributed by atoms with Gasteiger partial charge in [0.25, 0.3) is 0 Å². The summed E-state index contributed by atoms with van der Waals surface area (Å²) in [7, 11) is 0. The normalized spacial score (nSPS) is 10.2. The van der Waals surface area contributed by atoms with E-state index in [2.05, 4.69) is 15.0 Å². The number of nitrogens with two attached hydrogens (primary N) is 1. The molecule has 6 heteroatoms. The lowest BCUT2D eigenvalue weighted by Crippen LogP contribution is -2.06. The number of hydrogen-bond donors (Lipinski definition) is 1. The van der Waals surface area contributed by atoms with Crippen LogP contribution >= 0.6 is 0 Å². The van der Waals surface area contributed by atoms with Crippen LogP contribution in [0.3, 0.4) is 0 Å². The van der Waals surface area contributed by atoms with E-state index in [1.165, 1.54) is 6.33 Å². The Morgan fingerprint density at radius 1 is 1.47 bits per heavy atom. The SMILES string of the molecule is CCOc1ncnc(-n2ccnc2)c1N. The second-order valence-corrected chi connectivity index (χ2v) is 2.82. The maximum Gasteiger partial charge on any atom is 0.242 e. The first-order valence-corrected chi connectivity index (χ1v) is 4.54. The first-order chi connectivity index (χ1) is 7.33. The standard InChI is InChI=1S/C9H11N5O/c1-2-15-9-7(10)8(12-5-13-9)14-4-3-11-6-14/h3-6H,2,10H2,1H3. The molecule has 0 fully saturated rings. The molecule has 2 aromatic heterocycles. The van der Waals surface area contributed by atoms with E-state index in [0.717, 1.165) is 0 Å². The average Bonchev–Trinajstić information content (AvgIpc) is 2.74. The number of ether oxygens (including phenoxy) is 1. The van der Waals surface area contributed by atoms with Crippen molar-refractivity contribution in [2.45, 2.75) is 6.92 Å². The van der Waals surface area contributed by atoms with E-state index in [4.69, 9.17) is 10.5 Å². The number of nitrogen functional groups attached to an aromatic ring is 1. The summed E-state index contributed by atoms with van der Waals surface area (Å²) < 4.78 is 6.97. The van der Waals surface area contributed by atoms with Crippen molar-refractivity contribution in [1.82, 2.24) is 19.5 Å². The Kier molecular flexibility index (Phi) is 2.49. The predicted octanol–water partition coefficient (Wildman–Crippen LogP) is 0.643. The first-order valence-electron chi connectivity index (χ1n) is 4.54. The zero-order chi connectivity index (χ0) is 10.7. The summed E-state index contributed by atoms with van der Waals surface area (Å²) >= 11 is 0. The molecule has 0 aliphatic carbocycles. The van der Waals surface area contributed by atoms with Crippen LogP contribution in [-0.4, -0.2) is 26.1 Å². The van der Waals surface area contributed by atoms with Gasteiger partial charge in [-0.2, -0.15) is 4.98 Å². The van der Waals surface area contributed by atoms with E-state index < -0.39 is 0 Å². The Labute approximate surface area is 86.7 Å². The Morgan fingerprint density at radius 3 is 3.00 bits per heavy atom. The van der Waals surface area contributed by atoms with Crippen molar-refractivity contribution < 1.29 is 4.74 Å². The Morgan fingerprint density at radius 2 is 2.33 bits per heavy atom. The second kappa shape index (κ2) is 3.95. The van der Waals surface area contributed by atoms with Crippen molar-refractivity contribution in [3.63, 3.8) is 0 Å². The lowest BCUT2D eigenvalue weighted by molar-refractivity contribution is 0.328. The van der Waals surface area contributed by atoms with Crippen LogP contribution in [0.15, 0.2) is 25.0 Å². The summed E-state index contributed by atoms with van der Waals surface area (Å²) in [5.41, 5.74) is 6.28. The summed E-state index contributed by atoms with van der Waals surface area (Å²) in [6, 6.07) is 0. The minimum absolute atomic E-state index is 0.399. The molecule has 15 heavy (non-hydrogen) atoms. The van der Waals surface area contributed by atoms with Crippen LogP contribution in [-0.2, 0) is 0 Å². The van der Waals surface area contributed by atoms with Gasteiger partial charge in [-0.25, -0.2) is 9.97 Å². The lowest BCUT2D eigenvalue weighted by atomic mass is 10.4. The summed E-state index contributed by atoms with van der Waals surface area (Å²) in [6.45, 7) is 2.39. The third-order valence-electron chi connectivity index (χ3n) is 1.86. The van der Waals surface area contributed by atoms with Crippen LogP contribution < -0.4 is 10.5 Å². The molecule has 2 aromatic rings. The highest BCUT2D eigenvalue weighted by Gasteiger charge is 2.09. The number of hydrogen-bond acceptors (Lipinski definition) is 5. The minimum atomic E-state index is 0.399. The van der Waals surface area contributed by atoms with Crippen LogP contribution in [0.25, 0.3) is 5.82 Å². The van der Waals surface area contributed by atoms with Gasteiger partial charge in [-0.1, -0.05) is 0 Å². The van der Waals surface area contributed by atoms with Gasteiger partial charge >= 0.3 is 0 Å². The molecule has 0 radical (unpaired) electrons. The van der Waals surface area contributed by atoms with Crippen LogP contribution in [0.5, 0.6) is 5.88 Å². The molecule has 0 saturated heterocycles. The zero-order valence-electron chi connectivity index (χ0n) is 8.29. The third-order valence-corrected chi connectivity index (χ3v) is 1.86. The predicted molar refractivity (Wildman–Crippen MR) is 54.7 cm³/mol. The maximum absolute atomic E-state index is 5.86. The molecule has 2 rings (SSSR count). The summed E-state index contributed by atoms with van der Waals surface area (Å²) in [4.78, 5) is 11.9. The van der Waals surface area contributed by atoms with E-state index >= 15 is 0 Å². The highest BCUT2D eigenvalue weighted by atomic mass is 16.5. The molecule has 0 aliphatic heterocycles. The molecular weight excluding hydrogens is 194 g/mol. The van der Waals surface area contributed by atoms with Crippen molar-refractivity contribution >= 4 is 5.69 Å². The molecule has 0 amide bonds.